The Morgan fingerprint density at radius 2 is 1.65 bits per heavy atom. The van der Waals surface area contributed by atoms with Crippen molar-refractivity contribution in [2.75, 3.05) is 21.3 Å². The fraction of sp³-hybridized carbons (Fsp3) is 0.588. The summed E-state index contributed by atoms with van der Waals surface area (Å²) in [6.45, 7) is 1.97. The Morgan fingerprint density at radius 1 is 1.09 bits per heavy atom. The molecule has 0 atom stereocenters. The summed E-state index contributed by atoms with van der Waals surface area (Å²) in [4.78, 5) is 35.6. The maximum atomic E-state index is 12.2. The number of esters is 3. The van der Waals surface area contributed by atoms with Gasteiger partial charge in [-0.1, -0.05) is 17.6 Å². The summed E-state index contributed by atoms with van der Waals surface area (Å²) in [6, 6.07) is 0. The van der Waals surface area contributed by atoms with Gasteiger partial charge in [0.2, 0.25) is 0 Å². The average Bonchev–Trinajstić information content (AvgIpc) is 3.40. The van der Waals surface area contributed by atoms with E-state index in [0.717, 1.165) is 18.4 Å². The summed E-state index contributed by atoms with van der Waals surface area (Å²) in [7, 11) is 3.60. The van der Waals surface area contributed by atoms with Gasteiger partial charge in [-0.2, -0.15) is 0 Å². The van der Waals surface area contributed by atoms with Crippen molar-refractivity contribution in [1.29, 1.82) is 0 Å². The highest BCUT2D eigenvalue weighted by atomic mass is 16.5. The zero-order valence-corrected chi connectivity index (χ0v) is 13.9. The first-order chi connectivity index (χ1) is 10.9. The molecule has 0 radical (unpaired) electrons. The van der Waals surface area contributed by atoms with E-state index in [4.69, 9.17) is 9.47 Å². The second-order valence-electron chi connectivity index (χ2n) is 5.46. The lowest BCUT2D eigenvalue weighted by Crippen LogP contribution is -2.40. The number of allylic oxidation sites excluding steroid dienone is 2. The molecule has 1 saturated carbocycles. The average molecular weight is 322 g/mol. The van der Waals surface area contributed by atoms with E-state index in [1.807, 2.05) is 13.0 Å². The number of carbonyl (C=O) groups is 3. The maximum absolute atomic E-state index is 12.2. The first kappa shape index (κ1) is 18.8. The second kappa shape index (κ2) is 8.37. The molecule has 1 aliphatic rings. The van der Waals surface area contributed by atoms with Crippen LogP contribution in [0.4, 0.5) is 0 Å². The third-order valence-electron chi connectivity index (χ3n) is 3.91. The quantitative estimate of drug-likeness (QED) is 0.185. The van der Waals surface area contributed by atoms with Crippen molar-refractivity contribution < 1.29 is 28.6 Å². The van der Waals surface area contributed by atoms with Crippen molar-refractivity contribution in [3.8, 4) is 11.8 Å². The highest BCUT2D eigenvalue weighted by molar-refractivity contribution is 6.00. The van der Waals surface area contributed by atoms with Crippen LogP contribution < -0.4 is 0 Å². The van der Waals surface area contributed by atoms with Gasteiger partial charge in [-0.3, -0.25) is 9.59 Å². The highest BCUT2D eigenvalue weighted by Gasteiger charge is 2.47. The van der Waals surface area contributed by atoms with E-state index >= 15 is 0 Å². The Hall–Kier alpha value is -2.29. The molecule has 0 aromatic heterocycles. The molecule has 0 unspecified atom stereocenters. The summed E-state index contributed by atoms with van der Waals surface area (Å²) in [5.41, 5.74) is -0.455. The molecular formula is C17H22O6. The molecule has 0 aromatic carbocycles. The van der Waals surface area contributed by atoms with Crippen LogP contribution in [-0.4, -0.2) is 39.2 Å². The fourth-order valence-corrected chi connectivity index (χ4v) is 2.22. The monoisotopic (exact) mass is 322 g/mol. The van der Waals surface area contributed by atoms with Crippen LogP contribution in [0, 0.1) is 23.2 Å². The van der Waals surface area contributed by atoms with Crippen LogP contribution in [-0.2, 0) is 28.6 Å². The molecule has 0 saturated heterocycles. The molecule has 1 rings (SSSR count). The van der Waals surface area contributed by atoms with Crippen LogP contribution in [0.2, 0.25) is 0 Å². The molecule has 23 heavy (non-hydrogen) atoms. The minimum atomic E-state index is -1.58. The molecule has 1 fully saturated rings. The summed E-state index contributed by atoms with van der Waals surface area (Å²) < 4.78 is 14.0. The Bertz CT molecular complexity index is 543. The smallest absolute Gasteiger partial charge is 0.384 e. The van der Waals surface area contributed by atoms with Gasteiger partial charge in [0, 0.05) is 12.3 Å². The summed E-state index contributed by atoms with van der Waals surface area (Å²) in [6.07, 6.45) is 4.02. The van der Waals surface area contributed by atoms with E-state index in [9.17, 15) is 14.4 Å². The molecule has 1 aliphatic carbocycles. The van der Waals surface area contributed by atoms with Gasteiger partial charge < -0.3 is 14.2 Å². The molecule has 0 N–H and O–H groups in total. The molecule has 0 aliphatic heterocycles. The van der Waals surface area contributed by atoms with E-state index in [-0.39, 0.29) is 12.8 Å². The van der Waals surface area contributed by atoms with E-state index in [2.05, 4.69) is 16.6 Å². The standard InChI is InChI=1S/C17H22O6/c1-12(13-7-8-13)9-11-17(15(19)22-3,16(20)23-4)10-5-6-14(18)21-2/h9,13H,7-8,10-11H2,1-4H3/b12-9+. The van der Waals surface area contributed by atoms with Crippen molar-refractivity contribution >= 4 is 17.9 Å². The minimum Gasteiger partial charge on any atom is -0.468 e. The van der Waals surface area contributed by atoms with Crippen molar-refractivity contribution in [2.24, 2.45) is 11.3 Å². The largest absolute Gasteiger partial charge is 0.468 e. The maximum Gasteiger partial charge on any atom is 0.384 e. The predicted molar refractivity (Wildman–Crippen MR) is 82.0 cm³/mol. The molecule has 0 aromatic rings. The molecule has 0 heterocycles. The van der Waals surface area contributed by atoms with Crippen molar-refractivity contribution in [1.82, 2.24) is 0 Å². The van der Waals surface area contributed by atoms with Crippen LogP contribution >= 0.6 is 0 Å². The predicted octanol–water partition coefficient (Wildman–Crippen LogP) is 1.63. The number of carbonyl (C=O) groups excluding carboxylic acids is 3. The van der Waals surface area contributed by atoms with E-state index < -0.39 is 23.3 Å². The number of ether oxygens (including phenoxy) is 3. The lowest BCUT2D eigenvalue weighted by molar-refractivity contribution is -0.168. The highest BCUT2D eigenvalue weighted by Crippen LogP contribution is 2.38. The van der Waals surface area contributed by atoms with Gasteiger partial charge in [-0.15, -0.1) is 0 Å². The second-order valence-corrected chi connectivity index (χ2v) is 5.46. The minimum absolute atomic E-state index is 0.116. The van der Waals surface area contributed by atoms with Gasteiger partial charge in [0.1, 0.15) is 0 Å². The van der Waals surface area contributed by atoms with E-state index in [1.165, 1.54) is 21.3 Å². The van der Waals surface area contributed by atoms with Crippen LogP contribution in [0.25, 0.3) is 0 Å². The van der Waals surface area contributed by atoms with Gasteiger partial charge in [-0.05, 0) is 32.1 Å². The van der Waals surface area contributed by atoms with Gasteiger partial charge in [0.05, 0.1) is 21.3 Å². The van der Waals surface area contributed by atoms with Gasteiger partial charge in [-0.25, -0.2) is 4.79 Å². The first-order valence-electron chi connectivity index (χ1n) is 7.31. The molecule has 126 valence electrons. The Morgan fingerprint density at radius 3 is 2.09 bits per heavy atom. The zero-order valence-electron chi connectivity index (χ0n) is 13.9. The lowest BCUT2D eigenvalue weighted by Gasteiger charge is -2.25. The third kappa shape index (κ3) is 4.85. The topological polar surface area (TPSA) is 78.9 Å². The third-order valence-corrected chi connectivity index (χ3v) is 3.91. The Labute approximate surface area is 136 Å². The summed E-state index contributed by atoms with van der Waals surface area (Å²) in [5, 5.41) is 0. The molecule has 6 heteroatoms. The fourth-order valence-electron chi connectivity index (χ4n) is 2.22. The summed E-state index contributed by atoms with van der Waals surface area (Å²) in [5.74, 6) is 3.06. The molecule has 0 amide bonds. The van der Waals surface area contributed by atoms with Crippen LogP contribution in [0.15, 0.2) is 11.6 Å². The number of hydrogen-bond acceptors (Lipinski definition) is 6. The molecule has 0 spiro atoms. The molecule has 0 bridgehead atoms. The zero-order chi connectivity index (χ0) is 17.5. The molecular weight excluding hydrogens is 300 g/mol. The van der Waals surface area contributed by atoms with Crippen LogP contribution in [0.3, 0.4) is 0 Å². The van der Waals surface area contributed by atoms with Crippen molar-refractivity contribution in [2.45, 2.75) is 32.6 Å². The number of rotatable bonds is 6. The Balaban J connectivity index is 3.09. The van der Waals surface area contributed by atoms with Crippen molar-refractivity contribution in [3.05, 3.63) is 11.6 Å². The van der Waals surface area contributed by atoms with Gasteiger partial charge in [0.25, 0.3) is 0 Å². The van der Waals surface area contributed by atoms with Gasteiger partial charge in [0.15, 0.2) is 5.41 Å². The lowest BCUT2D eigenvalue weighted by atomic mass is 9.80. The first-order valence-corrected chi connectivity index (χ1v) is 7.31. The van der Waals surface area contributed by atoms with Gasteiger partial charge >= 0.3 is 17.9 Å². The normalized spacial score (nSPS) is 14.3. The van der Waals surface area contributed by atoms with E-state index in [0.29, 0.717) is 5.92 Å². The van der Waals surface area contributed by atoms with Crippen LogP contribution in [0.5, 0.6) is 0 Å². The van der Waals surface area contributed by atoms with E-state index in [1.54, 1.807) is 0 Å². The number of hydrogen-bond donors (Lipinski definition) is 0. The Kier molecular flexibility index (Phi) is 6.83. The SMILES string of the molecule is COC(=O)C#CCC(C/C=C(\C)C1CC1)(C(=O)OC)C(=O)OC. The summed E-state index contributed by atoms with van der Waals surface area (Å²) >= 11 is 0. The van der Waals surface area contributed by atoms with Crippen LogP contribution in [0.1, 0.15) is 32.6 Å². The van der Waals surface area contributed by atoms with Crippen molar-refractivity contribution in [3.63, 3.8) is 0 Å². The number of methoxy groups -OCH3 is 3. The molecule has 6 nitrogen and oxygen atoms in total.